The molecule has 1 amide bonds. The zero-order valence-electron chi connectivity index (χ0n) is 13.4. The van der Waals surface area contributed by atoms with Gasteiger partial charge in [0.25, 0.3) is 0 Å². The fourth-order valence-electron chi connectivity index (χ4n) is 2.71. The van der Waals surface area contributed by atoms with Gasteiger partial charge in [0.05, 0.1) is 5.41 Å². The number of likely N-dealkylation sites (tertiary alicyclic amines) is 1. The summed E-state index contributed by atoms with van der Waals surface area (Å²) in [6.45, 7) is 8.07. The number of ether oxygens (including phenoxy) is 1. The van der Waals surface area contributed by atoms with Crippen molar-refractivity contribution in [3.05, 3.63) is 29.3 Å². The largest absolute Gasteiger partial charge is 0.492 e. The van der Waals surface area contributed by atoms with E-state index in [1.54, 1.807) is 0 Å². The Kier molecular flexibility index (Phi) is 6.09. The van der Waals surface area contributed by atoms with Crippen molar-refractivity contribution < 1.29 is 9.53 Å². The summed E-state index contributed by atoms with van der Waals surface area (Å²) in [6.07, 6.45) is 1.88. The molecule has 122 valence electrons. The number of rotatable bonds is 7. The molecule has 1 aliphatic heterocycles. The Morgan fingerprint density at radius 3 is 2.82 bits per heavy atom. The summed E-state index contributed by atoms with van der Waals surface area (Å²) >= 11 is 5.84. The van der Waals surface area contributed by atoms with E-state index >= 15 is 0 Å². The molecule has 0 spiro atoms. The maximum absolute atomic E-state index is 12.2. The minimum absolute atomic E-state index is 0.176. The minimum atomic E-state index is -0.268. The standard InChI is InChI=1S/C17H25ClN2O2/c1-3-9-19-16(21)17(2)8-10-20(13-17)11-12-22-15-6-4-14(18)5-7-15/h4-7H,3,8-13H2,1-2H3,(H,19,21). The van der Waals surface area contributed by atoms with E-state index in [4.69, 9.17) is 16.3 Å². The molecule has 1 saturated heterocycles. The summed E-state index contributed by atoms with van der Waals surface area (Å²) in [5.74, 6) is 1.00. The average molecular weight is 325 g/mol. The SMILES string of the molecule is CCCNC(=O)C1(C)CCN(CCOc2ccc(Cl)cc2)C1. The molecule has 0 saturated carbocycles. The number of hydrogen-bond donors (Lipinski definition) is 1. The predicted molar refractivity (Wildman–Crippen MR) is 89.4 cm³/mol. The van der Waals surface area contributed by atoms with Crippen LogP contribution in [-0.4, -0.2) is 43.6 Å². The number of amides is 1. The van der Waals surface area contributed by atoms with Crippen LogP contribution in [-0.2, 0) is 4.79 Å². The molecule has 1 aliphatic rings. The molecule has 4 nitrogen and oxygen atoms in total. The van der Waals surface area contributed by atoms with E-state index in [9.17, 15) is 4.79 Å². The second-order valence-corrected chi connectivity index (χ2v) is 6.58. The molecule has 0 aromatic heterocycles. The van der Waals surface area contributed by atoms with Crippen molar-refractivity contribution in [3.63, 3.8) is 0 Å². The molecule has 1 heterocycles. The third-order valence-electron chi connectivity index (χ3n) is 4.13. The van der Waals surface area contributed by atoms with Gasteiger partial charge in [-0.3, -0.25) is 9.69 Å². The highest BCUT2D eigenvalue weighted by atomic mass is 35.5. The number of benzene rings is 1. The molecule has 1 fully saturated rings. The van der Waals surface area contributed by atoms with Crippen molar-refractivity contribution in [3.8, 4) is 5.75 Å². The molecule has 1 aromatic carbocycles. The van der Waals surface area contributed by atoms with E-state index in [-0.39, 0.29) is 11.3 Å². The van der Waals surface area contributed by atoms with Crippen LogP contribution >= 0.6 is 11.6 Å². The number of halogens is 1. The Morgan fingerprint density at radius 1 is 1.41 bits per heavy atom. The van der Waals surface area contributed by atoms with Gasteiger partial charge in [-0.1, -0.05) is 18.5 Å². The minimum Gasteiger partial charge on any atom is -0.492 e. The van der Waals surface area contributed by atoms with Gasteiger partial charge in [-0.05, 0) is 50.6 Å². The number of nitrogens with one attached hydrogen (secondary N) is 1. The van der Waals surface area contributed by atoms with Gasteiger partial charge in [-0.2, -0.15) is 0 Å². The highest BCUT2D eigenvalue weighted by Gasteiger charge is 2.39. The zero-order chi connectivity index (χ0) is 16.0. The smallest absolute Gasteiger partial charge is 0.227 e. The van der Waals surface area contributed by atoms with Crippen LogP contribution < -0.4 is 10.1 Å². The summed E-state index contributed by atoms with van der Waals surface area (Å²) in [4.78, 5) is 14.5. The first-order valence-electron chi connectivity index (χ1n) is 7.92. The van der Waals surface area contributed by atoms with Crippen LogP contribution in [0.25, 0.3) is 0 Å². The summed E-state index contributed by atoms with van der Waals surface area (Å²) in [7, 11) is 0. The van der Waals surface area contributed by atoms with Crippen LogP contribution in [0.2, 0.25) is 5.02 Å². The normalized spacial score (nSPS) is 21.8. The second-order valence-electron chi connectivity index (χ2n) is 6.15. The van der Waals surface area contributed by atoms with Crippen molar-refractivity contribution in [2.75, 3.05) is 32.8 Å². The lowest BCUT2D eigenvalue weighted by Gasteiger charge is -2.23. The summed E-state index contributed by atoms with van der Waals surface area (Å²) < 4.78 is 5.72. The first-order valence-corrected chi connectivity index (χ1v) is 8.30. The maximum atomic E-state index is 12.2. The molecule has 0 radical (unpaired) electrons. The van der Waals surface area contributed by atoms with Crippen molar-refractivity contribution in [1.29, 1.82) is 0 Å². The molecular weight excluding hydrogens is 300 g/mol. The molecule has 1 N–H and O–H groups in total. The van der Waals surface area contributed by atoms with Gasteiger partial charge in [-0.15, -0.1) is 0 Å². The van der Waals surface area contributed by atoms with Crippen LogP contribution in [0.15, 0.2) is 24.3 Å². The van der Waals surface area contributed by atoms with Crippen LogP contribution in [0.4, 0.5) is 0 Å². The predicted octanol–water partition coefficient (Wildman–Crippen LogP) is 2.96. The summed E-state index contributed by atoms with van der Waals surface area (Å²) in [6, 6.07) is 7.38. The van der Waals surface area contributed by atoms with Crippen molar-refractivity contribution >= 4 is 17.5 Å². The zero-order valence-corrected chi connectivity index (χ0v) is 14.2. The number of carbonyl (C=O) groups excluding carboxylic acids is 1. The number of carbonyl (C=O) groups is 1. The van der Waals surface area contributed by atoms with Crippen LogP contribution in [0, 0.1) is 5.41 Å². The van der Waals surface area contributed by atoms with Crippen LogP contribution in [0.1, 0.15) is 26.7 Å². The molecule has 1 unspecified atom stereocenters. The molecule has 0 aliphatic carbocycles. The molecule has 1 aromatic rings. The van der Waals surface area contributed by atoms with Gasteiger partial charge < -0.3 is 10.1 Å². The third-order valence-corrected chi connectivity index (χ3v) is 4.38. The van der Waals surface area contributed by atoms with Gasteiger partial charge in [0, 0.05) is 24.7 Å². The summed E-state index contributed by atoms with van der Waals surface area (Å²) in [5.41, 5.74) is -0.268. The first kappa shape index (κ1) is 17.1. The van der Waals surface area contributed by atoms with E-state index in [0.717, 1.165) is 44.8 Å². The van der Waals surface area contributed by atoms with Gasteiger partial charge in [0.1, 0.15) is 12.4 Å². The van der Waals surface area contributed by atoms with E-state index in [1.807, 2.05) is 24.3 Å². The van der Waals surface area contributed by atoms with E-state index in [0.29, 0.717) is 11.6 Å². The van der Waals surface area contributed by atoms with Crippen molar-refractivity contribution in [2.45, 2.75) is 26.7 Å². The lowest BCUT2D eigenvalue weighted by Crippen LogP contribution is -2.41. The number of hydrogen-bond acceptors (Lipinski definition) is 3. The van der Waals surface area contributed by atoms with Gasteiger partial charge in [0.15, 0.2) is 0 Å². The first-order chi connectivity index (χ1) is 10.5. The second kappa shape index (κ2) is 7.84. The maximum Gasteiger partial charge on any atom is 0.227 e. The lowest BCUT2D eigenvalue weighted by molar-refractivity contribution is -0.129. The topological polar surface area (TPSA) is 41.6 Å². The third kappa shape index (κ3) is 4.62. The molecule has 0 bridgehead atoms. The van der Waals surface area contributed by atoms with Crippen LogP contribution in [0.3, 0.4) is 0 Å². The van der Waals surface area contributed by atoms with Crippen molar-refractivity contribution in [1.82, 2.24) is 10.2 Å². The van der Waals surface area contributed by atoms with E-state index in [1.165, 1.54) is 0 Å². The Balaban J connectivity index is 1.74. The Bertz CT molecular complexity index is 492. The Labute approximate surface area is 137 Å². The fraction of sp³-hybridized carbons (Fsp3) is 0.588. The number of nitrogens with zero attached hydrogens (tertiary/aromatic N) is 1. The highest BCUT2D eigenvalue weighted by Crippen LogP contribution is 2.29. The van der Waals surface area contributed by atoms with E-state index in [2.05, 4.69) is 24.1 Å². The average Bonchev–Trinajstić information content (AvgIpc) is 2.90. The molecular formula is C17H25ClN2O2. The van der Waals surface area contributed by atoms with Crippen molar-refractivity contribution in [2.24, 2.45) is 5.41 Å². The molecule has 1 atom stereocenters. The van der Waals surface area contributed by atoms with Crippen LogP contribution in [0.5, 0.6) is 5.75 Å². The van der Waals surface area contributed by atoms with Gasteiger partial charge in [0.2, 0.25) is 5.91 Å². The summed E-state index contributed by atoms with van der Waals surface area (Å²) in [5, 5.41) is 3.72. The Hall–Kier alpha value is -1.26. The highest BCUT2D eigenvalue weighted by molar-refractivity contribution is 6.30. The van der Waals surface area contributed by atoms with E-state index < -0.39 is 0 Å². The van der Waals surface area contributed by atoms with Gasteiger partial charge in [-0.25, -0.2) is 0 Å². The molecule has 2 rings (SSSR count). The quantitative estimate of drug-likeness (QED) is 0.838. The van der Waals surface area contributed by atoms with Gasteiger partial charge >= 0.3 is 0 Å². The Morgan fingerprint density at radius 2 is 2.14 bits per heavy atom. The monoisotopic (exact) mass is 324 g/mol. The molecule has 22 heavy (non-hydrogen) atoms. The fourth-order valence-corrected chi connectivity index (χ4v) is 2.83. The lowest BCUT2D eigenvalue weighted by atomic mass is 9.89. The molecule has 5 heteroatoms.